The summed E-state index contributed by atoms with van der Waals surface area (Å²) >= 11 is 0. The summed E-state index contributed by atoms with van der Waals surface area (Å²) in [5.74, 6) is 3.61. The number of aliphatic hydroxyl groups excluding tert-OH is 1. The number of ether oxygens (including phenoxy) is 3. The zero-order valence-electron chi connectivity index (χ0n) is 26.3. The molecule has 1 aromatic rings. The Kier molecular flexibility index (Phi) is 21.1. The van der Waals surface area contributed by atoms with Crippen molar-refractivity contribution in [3.05, 3.63) is 18.2 Å². The minimum Gasteiger partial charge on any atom is -0.497 e. The van der Waals surface area contributed by atoms with Crippen molar-refractivity contribution in [3.63, 3.8) is 0 Å². The third-order valence-corrected chi connectivity index (χ3v) is 7.03. The monoisotopic (exact) mass is 556 g/mol. The van der Waals surface area contributed by atoms with Crippen LogP contribution in [0.5, 0.6) is 11.5 Å². The predicted octanol–water partition coefficient (Wildman–Crippen LogP) is 6.60. The number of nitrogens with zero attached hydrogens (tertiary/aromatic N) is 2. The lowest BCUT2D eigenvalue weighted by Gasteiger charge is -2.39. The van der Waals surface area contributed by atoms with Crippen molar-refractivity contribution in [2.75, 3.05) is 65.1 Å². The van der Waals surface area contributed by atoms with E-state index < -0.39 is 6.10 Å². The zero-order valence-corrected chi connectivity index (χ0v) is 27.5. The van der Waals surface area contributed by atoms with E-state index >= 15 is 0 Å². The van der Waals surface area contributed by atoms with Crippen LogP contribution in [-0.4, -0.2) is 82.4 Å². The molecule has 0 spiro atoms. The molecule has 1 aliphatic heterocycles. The first-order chi connectivity index (χ1) is 18.3. The molecule has 5 atom stereocenters. The fourth-order valence-electron chi connectivity index (χ4n) is 5.11. The molecule has 1 aliphatic carbocycles. The van der Waals surface area contributed by atoms with E-state index in [0.717, 1.165) is 55.7 Å². The molecule has 0 bridgehead atoms. The van der Waals surface area contributed by atoms with Gasteiger partial charge in [0.05, 0.1) is 38.7 Å². The lowest BCUT2D eigenvalue weighted by molar-refractivity contribution is -0.0740. The first-order valence-electron chi connectivity index (χ1n) is 14.9. The predicted molar refractivity (Wildman–Crippen MR) is 168 cm³/mol. The number of hydrogen-bond donors (Lipinski definition) is 1. The number of piperazine rings is 1. The largest absolute Gasteiger partial charge is 0.497 e. The summed E-state index contributed by atoms with van der Waals surface area (Å²) < 4.78 is 17.1. The zero-order chi connectivity index (χ0) is 29.1. The molecule has 1 saturated carbocycles. The van der Waals surface area contributed by atoms with E-state index in [1.165, 1.54) is 19.3 Å². The van der Waals surface area contributed by atoms with Crippen LogP contribution in [0, 0.1) is 17.8 Å². The van der Waals surface area contributed by atoms with Crippen LogP contribution in [0.4, 0.5) is 5.69 Å². The molecule has 0 aromatic heterocycles. The van der Waals surface area contributed by atoms with Gasteiger partial charge in [-0.3, -0.25) is 4.90 Å². The van der Waals surface area contributed by atoms with Gasteiger partial charge in [-0.05, 0) is 42.7 Å². The van der Waals surface area contributed by atoms with Gasteiger partial charge in [-0.2, -0.15) is 0 Å². The van der Waals surface area contributed by atoms with Crippen LogP contribution in [0.2, 0.25) is 0 Å². The fourth-order valence-corrected chi connectivity index (χ4v) is 5.11. The molecule has 1 N–H and O–H groups in total. The van der Waals surface area contributed by atoms with Crippen LogP contribution in [0.15, 0.2) is 18.2 Å². The second-order valence-electron chi connectivity index (χ2n) is 10.4. The number of benzene rings is 1. The maximum absolute atomic E-state index is 10.6. The van der Waals surface area contributed by atoms with Gasteiger partial charge in [0.25, 0.3) is 0 Å². The molecular weight excluding hydrogens is 495 g/mol. The highest BCUT2D eigenvalue weighted by Gasteiger charge is 2.32. The summed E-state index contributed by atoms with van der Waals surface area (Å²) in [6, 6.07) is 5.97. The lowest BCUT2D eigenvalue weighted by atomic mass is 9.75. The molecule has 0 amide bonds. The smallest absolute Gasteiger partial charge is 0.145 e. The SMILES string of the molecule is CC.CCC.COc1ccc(N2CCN(CC(O)COC3CC(C)CCC3C(C)C)CC2)c(OC)c1.CP. The Morgan fingerprint density at radius 3 is 2.13 bits per heavy atom. The molecule has 1 aromatic carbocycles. The first kappa shape index (κ1) is 36.9. The molecule has 7 heteroatoms. The van der Waals surface area contributed by atoms with Crippen LogP contribution in [0.25, 0.3) is 0 Å². The van der Waals surface area contributed by atoms with E-state index in [2.05, 4.69) is 59.7 Å². The van der Waals surface area contributed by atoms with Gasteiger partial charge in [-0.15, -0.1) is 9.24 Å². The molecular formula is C31H61N2O4P. The second kappa shape index (κ2) is 21.7. The highest BCUT2D eigenvalue weighted by molar-refractivity contribution is 7.15. The van der Waals surface area contributed by atoms with Crippen molar-refractivity contribution in [2.24, 2.45) is 17.8 Å². The van der Waals surface area contributed by atoms with Gasteiger partial charge >= 0.3 is 0 Å². The molecule has 38 heavy (non-hydrogen) atoms. The normalized spacial score (nSPS) is 22.1. The summed E-state index contributed by atoms with van der Waals surface area (Å²) in [6.45, 7) is 21.8. The van der Waals surface area contributed by atoms with E-state index in [4.69, 9.17) is 14.2 Å². The summed E-state index contributed by atoms with van der Waals surface area (Å²) in [5, 5.41) is 10.6. The van der Waals surface area contributed by atoms with Crippen molar-refractivity contribution in [1.29, 1.82) is 0 Å². The minimum atomic E-state index is -0.438. The van der Waals surface area contributed by atoms with Gasteiger partial charge in [0, 0.05) is 38.8 Å². The number of hydrogen-bond acceptors (Lipinski definition) is 6. The lowest BCUT2D eigenvalue weighted by Crippen LogP contribution is -2.49. The Labute approximate surface area is 238 Å². The molecule has 0 radical (unpaired) electrons. The summed E-state index contributed by atoms with van der Waals surface area (Å²) in [7, 11) is 5.78. The Morgan fingerprint density at radius 2 is 1.61 bits per heavy atom. The van der Waals surface area contributed by atoms with Gasteiger partial charge < -0.3 is 24.2 Å². The van der Waals surface area contributed by atoms with E-state index in [1.807, 2.05) is 32.6 Å². The van der Waals surface area contributed by atoms with E-state index in [9.17, 15) is 5.11 Å². The maximum Gasteiger partial charge on any atom is 0.145 e. The Morgan fingerprint density at radius 1 is 1.00 bits per heavy atom. The molecule has 5 unspecified atom stereocenters. The highest BCUT2D eigenvalue weighted by atomic mass is 31.0. The Balaban J connectivity index is 0.00000179. The average Bonchev–Trinajstić information content (AvgIpc) is 2.94. The fraction of sp³-hybridized carbons (Fsp3) is 0.806. The highest BCUT2D eigenvalue weighted by Crippen LogP contribution is 2.35. The number of methoxy groups -OCH3 is 2. The quantitative estimate of drug-likeness (QED) is 0.346. The molecule has 1 saturated heterocycles. The van der Waals surface area contributed by atoms with Crippen LogP contribution in [-0.2, 0) is 4.74 Å². The molecule has 3 rings (SSSR count). The van der Waals surface area contributed by atoms with Crippen LogP contribution < -0.4 is 14.4 Å². The van der Waals surface area contributed by atoms with E-state index in [-0.39, 0.29) is 6.10 Å². The topological polar surface area (TPSA) is 54.4 Å². The molecule has 224 valence electrons. The Bertz CT molecular complexity index is 698. The van der Waals surface area contributed by atoms with Crippen molar-refractivity contribution in [1.82, 2.24) is 4.90 Å². The number of rotatable bonds is 9. The van der Waals surface area contributed by atoms with Gasteiger partial charge in [-0.25, -0.2) is 0 Å². The van der Waals surface area contributed by atoms with Gasteiger partial charge in [0.1, 0.15) is 11.5 Å². The molecule has 6 nitrogen and oxygen atoms in total. The molecule has 2 aliphatic rings. The van der Waals surface area contributed by atoms with Crippen LogP contribution in [0.3, 0.4) is 0 Å². The van der Waals surface area contributed by atoms with Gasteiger partial charge in [-0.1, -0.05) is 68.0 Å². The molecule has 2 fully saturated rings. The number of β-amino-alcohol motifs (C(OH)–C–C–N with tert-alkyl or cyclic N) is 1. The van der Waals surface area contributed by atoms with Crippen molar-refractivity contribution in [3.8, 4) is 11.5 Å². The third-order valence-electron chi connectivity index (χ3n) is 7.03. The van der Waals surface area contributed by atoms with Crippen LogP contribution >= 0.6 is 9.24 Å². The van der Waals surface area contributed by atoms with Crippen molar-refractivity contribution in [2.45, 2.75) is 86.4 Å². The average molecular weight is 557 g/mol. The number of aliphatic hydroxyl groups is 1. The number of anilines is 1. The maximum atomic E-state index is 10.6. The van der Waals surface area contributed by atoms with E-state index in [1.54, 1.807) is 14.2 Å². The third kappa shape index (κ3) is 12.9. The second-order valence-corrected chi connectivity index (χ2v) is 10.4. The van der Waals surface area contributed by atoms with Crippen molar-refractivity contribution < 1.29 is 19.3 Å². The summed E-state index contributed by atoms with van der Waals surface area (Å²) in [6.07, 6.45) is 4.77. The summed E-state index contributed by atoms with van der Waals surface area (Å²) in [4.78, 5) is 4.68. The van der Waals surface area contributed by atoms with Crippen LogP contribution in [0.1, 0.15) is 74.1 Å². The Hall–Kier alpha value is -1.07. The summed E-state index contributed by atoms with van der Waals surface area (Å²) in [5.41, 5.74) is 1.10. The van der Waals surface area contributed by atoms with Gasteiger partial charge in [0.15, 0.2) is 0 Å². The molecule has 1 heterocycles. The van der Waals surface area contributed by atoms with E-state index in [0.29, 0.717) is 25.0 Å². The minimum absolute atomic E-state index is 0.290. The standard InChI is InChI=1S/C25H42N2O4.C3H8.C2H6.CH5P/c1-18(2)22-8-6-19(3)14-24(22)31-17-20(28)16-26-10-12-27(13-11-26)23-9-7-21(29-4)15-25(23)30-5;1-3-2;2*1-2/h7,9,15,18-20,22,24,28H,6,8,10-14,16-17H2,1-5H3;3H2,1-2H3;1-2H3;2H2,1H3. The first-order valence-corrected chi connectivity index (χ1v) is 16.0. The van der Waals surface area contributed by atoms with Crippen molar-refractivity contribution >= 4 is 14.9 Å². The van der Waals surface area contributed by atoms with Gasteiger partial charge in [0.2, 0.25) is 0 Å².